The van der Waals surface area contributed by atoms with Crippen molar-refractivity contribution in [2.45, 2.75) is 33.4 Å². The molecule has 23 heavy (non-hydrogen) atoms. The van der Waals surface area contributed by atoms with Crippen molar-refractivity contribution in [1.29, 1.82) is 0 Å². The maximum Gasteiger partial charge on any atom is 0.213 e. The molecule has 2 N–H and O–H groups in total. The van der Waals surface area contributed by atoms with E-state index in [-0.39, 0.29) is 0 Å². The van der Waals surface area contributed by atoms with Gasteiger partial charge in [0.15, 0.2) is 5.96 Å². The monoisotopic (exact) mass is 333 g/mol. The molecule has 0 aliphatic heterocycles. The molecular formula is C16H23N5OS. The molecule has 7 heteroatoms. The Morgan fingerprint density at radius 2 is 2.17 bits per heavy atom. The fourth-order valence-electron chi connectivity index (χ4n) is 1.91. The normalized spacial score (nSPS) is 11.3. The first-order valence-electron chi connectivity index (χ1n) is 7.70. The summed E-state index contributed by atoms with van der Waals surface area (Å²) in [6, 6.07) is 5.67. The topological polar surface area (TPSA) is 71.4 Å². The smallest absolute Gasteiger partial charge is 0.213 e. The number of nitrogens with one attached hydrogen (secondary N) is 2. The molecule has 2 rings (SSSR count). The first kappa shape index (κ1) is 17.2. The lowest BCUT2D eigenvalue weighted by Gasteiger charge is -2.10. The van der Waals surface area contributed by atoms with Crippen molar-refractivity contribution in [1.82, 2.24) is 20.6 Å². The molecule has 0 aliphatic rings. The van der Waals surface area contributed by atoms with Crippen molar-refractivity contribution in [3.05, 3.63) is 40.0 Å². The van der Waals surface area contributed by atoms with E-state index >= 15 is 0 Å². The molecule has 0 saturated carbocycles. The highest BCUT2D eigenvalue weighted by Crippen LogP contribution is 2.12. The Kier molecular flexibility index (Phi) is 6.80. The van der Waals surface area contributed by atoms with E-state index in [1.165, 1.54) is 4.88 Å². The summed E-state index contributed by atoms with van der Waals surface area (Å²) in [5.41, 5.74) is 0.865. The molecule has 0 bridgehead atoms. The summed E-state index contributed by atoms with van der Waals surface area (Å²) >= 11 is 1.73. The fourth-order valence-corrected chi connectivity index (χ4v) is 2.72. The van der Waals surface area contributed by atoms with Crippen LogP contribution in [0.2, 0.25) is 0 Å². The van der Waals surface area contributed by atoms with Crippen molar-refractivity contribution in [3.8, 4) is 5.88 Å². The van der Waals surface area contributed by atoms with Crippen molar-refractivity contribution in [3.63, 3.8) is 0 Å². The van der Waals surface area contributed by atoms with Gasteiger partial charge in [-0.25, -0.2) is 15.0 Å². The maximum atomic E-state index is 5.13. The van der Waals surface area contributed by atoms with Gasteiger partial charge >= 0.3 is 0 Å². The highest BCUT2D eigenvalue weighted by Gasteiger charge is 2.03. The zero-order valence-corrected chi connectivity index (χ0v) is 14.6. The number of rotatable bonds is 7. The largest absolute Gasteiger partial charge is 0.481 e. The predicted octanol–water partition coefficient (Wildman–Crippen LogP) is 2.36. The SMILES string of the molecule is CCNC(=NCc1cccc(OC)n1)NCc1ncc(CC)s1. The van der Waals surface area contributed by atoms with Crippen LogP contribution in [0.1, 0.15) is 29.4 Å². The van der Waals surface area contributed by atoms with Gasteiger partial charge < -0.3 is 15.4 Å². The first-order chi connectivity index (χ1) is 11.2. The average molecular weight is 333 g/mol. The summed E-state index contributed by atoms with van der Waals surface area (Å²) in [7, 11) is 1.61. The molecule has 0 fully saturated rings. The molecule has 2 aromatic heterocycles. The number of aliphatic imine (C=N–C) groups is 1. The highest BCUT2D eigenvalue weighted by atomic mass is 32.1. The van der Waals surface area contributed by atoms with Crippen LogP contribution in [0.5, 0.6) is 5.88 Å². The van der Waals surface area contributed by atoms with Crippen LogP contribution in [-0.2, 0) is 19.5 Å². The Bertz CT molecular complexity index is 641. The molecule has 2 aromatic rings. The van der Waals surface area contributed by atoms with Crippen LogP contribution in [0.3, 0.4) is 0 Å². The Hall–Kier alpha value is -2.15. The number of aryl methyl sites for hydroxylation is 1. The van der Waals surface area contributed by atoms with Crippen LogP contribution in [0.15, 0.2) is 29.4 Å². The third-order valence-corrected chi connectivity index (χ3v) is 4.23. The van der Waals surface area contributed by atoms with Gasteiger partial charge in [-0.1, -0.05) is 13.0 Å². The van der Waals surface area contributed by atoms with Gasteiger partial charge in [-0.15, -0.1) is 11.3 Å². The number of pyridine rings is 1. The number of aromatic nitrogens is 2. The number of hydrogen-bond acceptors (Lipinski definition) is 5. The molecule has 0 unspecified atom stereocenters. The molecule has 6 nitrogen and oxygen atoms in total. The number of hydrogen-bond donors (Lipinski definition) is 2. The summed E-state index contributed by atoms with van der Waals surface area (Å²) in [4.78, 5) is 14.6. The third-order valence-electron chi connectivity index (χ3n) is 3.09. The van der Waals surface area contributed by atoms with Gasteiger partial charge in [-0.3, -0.25) is 0 Å². The summed E-state index contributed by atoms with van der Waals surface area (Å²) in [6.45, 7) is 6.14. The second-order valence-electron chi connectivity index (χ2n) is 4.79. The quantitative estimate of drug-likeness (QED) is 0.601. The summed E-state index contributed by atoms with van der Waals surface area (Å²) in [5.74, 6) is 1.36. The molecule has 0 amide bonds. The molecule has 2 heterocycles. The number of guanidine groups is 1. The fraction of sp³-hybridized carbons (Fsp3) is 0.438. The van der Waals surface area contributed by atoms with E-state index in [4.69, 9.17) is 4.74 Å². The van der Waals surface area contributed by atoms with Gasteiger partial charge in [0.1, 0.15) is 5.01 Å². The van der Waals surface area contributed by atoms with E-state index in [0.717, 1.165) is 29.6 Å². The van der Waals surface area contributed by atoms with E-state index in [1.807, 2.05) is 31.3 Å². The standard InChI is InChI=1S/C16H23N5OS/c1-4-13-10-18-15(23-13)11-20-16(17-5-2)19-9-12-7-6-8-14(21-12)22-3/h6-8,10H,4-5,9,11H2,1-3H3,(H2,17,19,20). The van der Waals surface area contributed by atoms with Gasteiger partial charge in [0.25, 0.3) is 0 Å². The van der Waals surface area contributed by atoms with Gasteiger partial charge in [-0.05, 0) is 19.4 Å². The zero-order valence-electron chi connectivity index (χ0n) is 13.8. The van der Waals surface area contributed by atoms with Crippen molar-refractivity contribution >= 4 is 17.3 Å². The van der Waals surface area contributed by atoms with E-state index in [0.29, 0.717) is 19.0 Å². The third kappa shape index (κ3) is 5.52. The second-order valence-corrected chi connectivity index (χ2v) is 5.99. The maximum absolute atomic E-state index is 5.13. The van der Waals surface area contributed by atoms with Gasteiger partial charge in [0.05, 0.1) is 25.9 Å². The Morgan fingerprint density at radius 1 is 1.30 bits per heavy atom. The molecule has 0 saturated heterocycles. The van der Waals surface area contributed by atoms with Gasteiger partial charge in [-0.2, -0.15) is 0 Å². The number of thiazole rings is 1. The average Bonchev–Trinajstić information content (AvgIpc) is 3.05. The second kappa shape index (κ2) is 9.09. The first-order valence-corrected chi connectivity index (χ1v) is 8.52. The zero-order chi connectivity index (χ0) is 16.5. The molecule has 124 valence electrons. The molecule has 0 radical (unpaired) electrons. The van der Waals surface area contributed by atoms with Crippen LogP contribution in [0, 0.1) is 0 Å². The minimum Gasteiger partial charge on any atom is -0.481 e. The Morgan fingerprint density at radius 3 is 2.87 bits per heavy atom. The number of methoxy groups -OCH3 is 1. The number of ether oxygens (including phenoxy) is 1. The summed E-state index contributed by atoms with van der Waals surface area (Å²) in [6.07, 6.45) is 2.96. The van der Waals surface area contributed by atoms with Crippen LogP contribution >= 0.6 is 11.3 Å². The number of nitrogens with zero attached hydrogens (tertiary/aromatic N) is 3. The minimum absolute atomic E-state index is 0.491. The van der Waals surface area contributed by atoms with Crippen molar-refractivity contribution < 1.29 is 4.74 Å². The molecule has 0 spiro atoms. The van der Waals surface area contributed by atoms with Gasteiger partial charge in [0.2, 0.25) is 5.88 Å². The summed E-state index contributed by atoms with van der Waals surface area (Å²) < 4.78 is 5.13. The highest BCUT2D eigenvalue weighted by molar-refractivity contribution is 7.11. The van der Waals surface area contributed by atoms with Crippen LogP contribution in [0.4, 0.5) is 0 Å². The van der Waals surface area contributed by atoms with E-state index in [2.05, 4.69) is 32.5 Å². The minimum atomic E-state index is 0.491. The lowest BCUT2D eigenvalue weighted by Crippen LogP contribution is -2.36. The van der Waals surface area contributed by atoms with Crippen LogP contribution in [-0.4, -0.2) is 29.6 Å². The summed E-state index contributed by atoms with van der Waals surface area (Å²) in [5, 5.41) is 7.59. The van der Waals surface area contributed by atoms with Crippen LogP contribution < -0.4 is 15.4 Å². The van der Waals surface area contributed by atoms with Crippen molar-refractivity contribution in [2.75, 3.05) is 13.7 Å². The van der Waals surface area contributed by atoms with Crippen molar-refractivity contribution in [2.24, 2.45) is 4.99 Å². The van der Waals surface area contributed by atoms with E-state index in [9.17, 15) is 0 Å². The van der Waals surface area contributed by atoms with Crippen LogP contribution in [0.25, 0.3) is 0 Å². The van der Waals surface area contributed by atoms with Gasteiger partial charge in [0, 0.05) is 23.7 Å². The lowest BCUT2D eigenvalue weighted by atomic mass is 10.3. The lowest BCUT2D eigenvalue weighted by molar-refractivity contribution is 0.396. The van der Waals surface area contributed by atoms with E-state index < -0.39 is 0 Å². The Labute approximate surface area is 141 Å². The van der Waals surface area contributed by atoms with E-state index in [1.54, 1.807) is 18.4 Å². The molecular weight excluding hydrogens is 310 g/mol. The predicted molar refractivity (Wildman–Crippen MR) is 93.9 cm³/mol. The molecule has 0 aromatic carbocycles. The molecule has 0 atom stereocenters. The molecule has 0 aliphatic carbocycles. The Balaban J connectivity index is 1.95.